The van der Waals surface area contributed by atoms with Crippen LogP contribution < -0.4 is 5.32 Å². The molecule has 2 aromatic carbocycles. The van der Waals surface area contributed by atoms with Crippen LogP contribution in [0.4, 0.5) is 10.1 Å². The van der Waals surface area contributed by atoms with Crippen LogP contribution in [-0.4, -0.2) is 4.98 Å². The van der Waals surface area contributed by atoms with E-state index in [0.29, 0.717) is 23.5 Å². The first-order valence-electron chi connectivity index (χ1n) is 6.17. The number of oxazole rings is 1. The van der Waals surface area contributed by atoms with Crippen molar-refractivity contribution in [3.63, 3.8) is 0 Å². The van der Waals surface area contributed by atoms with E-state index in [4.69, 9.17) is 16.0 Å². The highest BCUT2D eigenvalue weighted by molar-refractivity contribution is 6.34. The topological polar surface area (TPSA) is 38.1 Å². The van der Waals surface area contributed by atoms with Gasteiger partial charge in [0, 0.05) is 11.8 Å². The molecule has 0 radical (unpaired) electrons. The summed E-state index contributed by atoms with van der Waals surface area (Å²) in [6.45, 7) is 2.44. The first kappa shape index (κ1) is 12.9. The van der Waals surface area contributed by atoms with E-state index < -0.39 is 5.82 Å². The number of benzene rings is 2. The number of hydrogen-bond donors (Lipinski definition) is 1. The van der Waals surface area contributed by atoms with Gasteiger partial charge in [0.25, 0.3) is 0 Å². The van der Waals surface area contributed by atoms with Crippen molar-refractivity contribution >= 4 is 28.4 Å². The van der Waals surface area contributed by atoms with Gasteiger partial charge in [-0.05, 0) is 25.1 Å². The second-order valence-corrected chi connectivity index (χ2v) is 4.97. The van der Waals surface area contributed by atoms with Crippen molar-refractivity contribution in [3.8, 4) is 0 Å². The molecule has 0 atom stereocenters. The summed E-state index contributed by atoms with van der Waals surface area (Å²) in [5.74, 6) is 0.0434. The van der Waals surface area contributed by atoms with Gasteiger partial charge in [0.1, 0.15) is 11.3 Å². The fourth-order valence-electron chi connectivity index (χ4n) is 1.93. The van der Waals surface area contributed by atoms with Gasteiger partial charge in [-0.3, -0.25) is 0 Å². The second kappa shape index (κ2) is 5.13. The van der Waals surface area contributed by atoms with Gasteiger partial charge in [0.15, 0.2) is 5.58 Å². The number of fused-ring (bicyclic) bond motifs is 1. The summed E-state index contributed by atoms with van der Waals surface area (Å²) in [6, 6.07) is 10.5. The van der Waals surface area contributed by atoms with Gasteiger partial charge in [-0.2, -0.15) is 0 Å². The Morgan fingerprint density at radius 2 is 2.00 bits per heavy atom. The van der Waals surface area contributed by atoms with E-state index in [0.717, 1.165) is 5.69 Å². The third kappa shape index (κ3) is 2.60. The lowest BCUT2D eigenvalue weighted by Gasteiger charge is -2.03. The smallest absolute Gasteiger partial charge is 0.214 e. The van der Waals surface area contributed by atoms with Crippen molar-refractivity contribution in [1.82, 2.24) is 4.98 Å². The first-order chi connectivity index (χ1) is 9.61. The number of halogens is 2. The molecule has 0 fully saturated rings. The molecule has 0 saturated heterocycles. The van der Waals surface area contributed by atoms with Crippen LogP contribution >= 0.6 is 11.6 Å². The molecule has 0 aliphatic rings. The molecule has 1 heterocycles. The maximum absolute atomic E-state index is 13.2. The molecule has 102 valence electrons. The van der Waals surface area contributed by atoms with Crippen molar-refractivity contribution < 1.29 is 8.81 Å². The Morgan fingerprint density at radius 3 is 2.75 bits per heavy atom. The van der Waals surface area contributed by atoms with Gasteiger partial charge < -0.3 is 9.73 Å². The van der Waals surface area contributed by atoms with Crippen LogP contribution in [0.1, 0.15) is 11.5 Å². The second-order valence-electron chi connectivity index (χ2n) is 4.56. The fourth-order valence-corrected chi connectivity index (χ4v) is 2.17. The quantitative estimate of drug-likeness (QED) is 0.769. The van der Waals surface area contributed by atoms with E-state index in [-0.39, 0.29) is 5.02 Å². The van der Waals surface area contributed by atoms with E-state index in [9.17, 15) is 4.39 Å². The third-order valence-corrected chi connectivity index (χ3v) is 3.23. The van der Waals surface area contributed by atoms with Crippen molar-refractivity contribution in [2.45, 2.75) is 13.5 Å². The number of nitrogens with zero attached hydrogens (tertiary/aromatic N) is 1. The van der Waals surface area contributed by atoms with Gasteiger partial charge in [0.2, 0.25) is 5.89 Å². The highest BCUT2D eigenvalue weighted by atomic mass is 35.5. The normalized spacial score (nSPS) is 10.9. The predicted molar refractivity (Wildman–Crippen MR) is 77.5 cm³/mol. The summed E-state index contributed by atoms with van der Waals surface area (Å²) >= 11 is 5.92. The SMILES string of the molecule is Cc1ccc(NCc2nc3cc(F)cc(Cl)c3o2)cc1. The molecular weight excluding hydrogens is 279 g/mol. The summed E-state index contributed by atoms with van der Waals surface area (Å²) < 4.78 is 18.7. The molecule has 1 aromatic heterocycles. The lowest BCUT2D eigenvalue weighted by Crippen LogP contribution is -1.99. The Bertz CT molecular complexity index is 752. The average molecular weight is 291 g/mol. The van der Waals surface area contributed by atoms with E-state index >= 15 is 0 Å². The van der Waals surface area contributed by atoms with Crippen LogP contribution in [0.3, 0.4) is 0 Å². The van der Waals surface area contributed by atoms with E-state index in [1.54, 1.807) is 0 Å². The molecule has 20 heavy (non-hydrogen) atoms. The molecule has 0 saturated carbocycles. The summed E-state index contributed by atoms with van der Waals surface area (Å²) in [6.07, 6.45) is 0. The van der Waals surface area contributed by atoms with Gasteiger partial charge in [-0.25, -0.2) is 9.37 Å². The third-order valence-electron chi connectivity index (χ3n) is 2.95. The van der Waals surface area contributed by atoms with E-state index in [1.807, 2.05) is 31.2 Å². The highest BCUT2D eigenvalue weighted by Crippen LogP contribution is 2.26. The Hall–Kier alpha value is -2.07. The van der Waals surface area contributed by atoms with E-state index in [2.05, 4.69) is 10.3 Å². The van der Waals surface area contributed by atoms with Crippen LogP contribution in [0.2, 0.25) is 5.02 Å². The minimum absolute atomic E-state index is 0.231. The van der Waals surface area contributed by atoms with Gasteiger partial charge in [-0.1, -0.05) is 29.3 Å². The van der Waals surface area contributed by atoms with Crippen LogP contribution in [0.15, 0.2) is 40.8 Å². The summed E-state index contributed by atoms with van der Waals surface area (Å²) in [7, 11) is 0. The Kier molecular flexibility index (Phi) is 3.32. The lowest BCUT2D eigenvalue weighted by molar-refractivity contribution is 0.540. The summed E-state index contributed by atoms with van der Waals surface area (Å²) in [5, 5.41) is 3.42. The molecule has 3 rings (SSSR count). The van der Waals surface area contributed by atoms with Crippen molar-refractivity contribution in [2.24, 2.45) is 0 Å². The van der Waals surface area contributed by atoms with Gasteiger partial charge in [-0.15, -0.1) is 0 Å². The molecule has 1 N–H and O–H groups in total. The molecule has 0 unspecified atom stereocenters. The lowest BCUT2D eigenvalue weighted by atomic mass is 10.2. The maximum Gasteiger partial charge on any atom is 0.214 e. The summed E-state index contributed by atoms with van der Waals surface area (Å²) in [5.41, 5.74) is 3.00. The Balaban J connectivity index is 1.81. The van der Waals surface area contributed by atoms with Crippen LogP contribution in [0, 0.1) is 12.7 Å². The fraction of sp³-hybridized carbons (Fsp3) is 0.133. The Labute approximate surface area is 120 Å². The number of aromatic nitrogens is 1. The average Bonchev–Trinajstić information content (AvgIpc) is 2.81. The standard InChI is InChI=1S/C15H12ClFN2O/c1-9-2-4-11(5-3-9)18-8-14-19-13-7-10(17)6-12(16)15(13)20-14/h2-7,18H,8H2,1H3. The van der Waals surface area contributed by atoms with Gasteiger partial charge >= 0.3 is 0 Å². The molecule has 0 aliphatic heterocycles. The number of nitrogens with one attached hydrogen (secondary N) is 1. The van der Waals surface area contributed by atoms with Crippen LogP contribution in [0.5, 0.6) is 0 Å². The van der Waals surface area contributed by atoms with Crippen molar-refractivity contribution in [3.05, 3.63) is 58.7 Å². The van der Waals surface area contributed by atoms with Crippen LogP contribution in [-0.2, 0) is 6.54 Å². The molecule has 0 spiro atoms. The number of rotatable bonds is 3. The zero-order chi connectivity index (χ0) is 14.1. The molecule has 0 bridgehead atoms. The minimum Gasteiger partial charge on any atom is -0.437 e. The van der Waals surface area contributed by atoms with Crippen molar-refractivity contribution in [2.75, 3.05) is 5.32 Å². The number of anilines is 1. The molecule has 3 nitrogen and oxygen atoms in total. The maximum atomic E-state index is 13.2. The summed E-state index contributed by atoms with van der Waals surface area (Å²) in [4.78, 5) is 4.21. The number of aryl methyl sites for hydroxylation is 1. The largest absolute Gasteiger partial charge is 0.437 e. The molecule has 5 heteroatoms. The number of hydrogen-bond acceptors (Lipinski definition) is 3. The van der Waals surface area contributed by atoms with Crippen LogP contribution in [0.25, 0.3) is 11.1 Å². The molecule has 3 aromatic rings. The zero-order valence-corrected chi connectivity index (χ0v) is 11.5. The van der Waals surface area contributed by atoms with Gasteiger partial charge in [0.05, 0.1) is 11.6 Å². The highest BCUT2D eigenvalue weighted by Gasteiger charge is 2.10. The Morgan fingerprint density at radius 1 is 1.25 bits per heavy atom. The zero-order valence-electron chi connectivity index (χ0n) is 10.8. The van der Waals surface area contributed by atoms with Crippen molar-refractivity contribution in [1.29, 1.82) is 0 Å². The molecule has 0 aliphatic carbocycles. The van der Waals surface area contributed by atoms with E-state index in [1.165, 1.54) is 17.7 Å². The minimum atomic E-state index is -0.422. The predicted octanol–water partition coefficient (Wildman–Crippen LogP) is 4.54. The molecule has 0 amide bonds. The monoisotopic (exact) mass is 290 g/mol. The first-order valence-corrected chi connectivity index (χ1v) is 6.54. The molecular formula is C15H12ClFN2O.